The summed E-state index contributed by atoms with van der Waals surface area (Å²) in [5, 5.41) is 0. The Labute approximate surface area is 106 Å². The van der Waals surface area contributed by atoms with Crippen LogP contribution in [-0.4, -0.2) is 60.6 Å². The fraction of sp³-hybridized carbons (Fsp3) is 1.00. The molecule has 0 bridgehead atoms. The molecule has 0 aromatic rings. The minimum Gasteiger partial charge on any atom is -0.375 e. The summed E-state index contributed by atoms with van der Waals surface area (Å²) in [6, 6.07) is 0. The number of halogens is 7. The quantitative estimate of drug-likeness (QED) is 0.508. The zero-order valence-electron chi connectivity index (χ0n) is 10.2. The molecule has 3 atom stereocenters. The fourth-order valence-corrected chi connectivity index (χ4v) is 3.03. The molecule has 0 aliphatic heterocycles. The molecule has 0 saturated heterocycles. The number of rotatable bonds is 8. The SMILES string of the molecule is CO[Si](OC)(OC)C(F)C(F)(F)C(F)C(F)C(F)F. The van der Waals surface area contributed by atoms with Crippen LogP contribution in [0.25, 0.3) is 0 Å². The van der Waals surface area contributed by atoms with E-state index in [1.54, 1.807) is 0 Å². The van der Waals surface area contributed by atoms with Crippen molar-refractivity contribution in [1.29, 1.82) is 0 Å². The zero-order valence-corrected chi connectivity index (χ0v) is 11.2. The Morgan fingerprint density at radius 2 is 1.21 bits per heavy atom. The van der Waals surface area contributed by atoms with Gasteiger partial charge in [-0.25, -0.2) is 30.7 Å². The Hall–Kier alpha value is -0.393. The van der Waals surface area contributed by atoms with E-state index in [0.29, 0.717) is 0 Å². The molecule has 0 radical (unpaired) electrons. The van der Waals surface area contributed by atoms with Gasteiger partial charge in [0.15, 0.2) is 6.17 Å². The third kappa shape index (κ3) is 3.58. The van der Waals surface area contributed by atoms with Crippen molar-refractivity contribution in [2.45, 2.75) is 30.5 Å². The molecule has 11 heteroatoms. The molecule has 0 aliphatic rings. The van der Waals surface area contributed by atoms with Gasteiger partial charge >= 0.3 is 14.7 Å². The van der Waals surface area contributed by atoms with Crippen LogP contribution in [0.3, 0.4) is 0 Å². The molecular weight excluding hydrogens is 305 g/mol. The van der Waals surface area contributed by atoms with Gasteiger partial charge in [0.2, 0.25) is 12.0 Å². The third-order valence-electron chi connectivity index (χ3n) is 2.39. The predicted octanol–water partition coefficient (Wildman–Crippen LogP) is 2.32. The van der Waals surface area contributed by atoms with Gasteiger partial charge in [0, 0.05) is 21.3 Å². The van der Waals surface area contributed by atoms with Crippen LogP contribution in [0.1, 0.15) is 0 Å². The first-order valence-corrected chi connectivity index (χ1v) is 6.64. The predicted molar refractivity (Wildman–Crippen MR) is 52.4 cm³/mol. The second-order valence-electron chi connectivity index (χ2n) is 3.43. The zero-order chi connectivity index (χ0) is 15.4. The van der Waals surface area contributed by atoms with E-state index in [9.17, 15) is 30.7 Å². The van der Waals surface area contributed by atoms with E-state index in [4.69, 9.17) is 0 Å². The molecule has 0 heterocycles. The molecule has 0 rings (SSSR count). The summed E-state index contributed by atoms with van der Waals surface area (Å²) in [6.07, 6.45) is -11.9. The first kappa shape index (κ1) is 18.6. The minimum absolute atomic E-state index is 0.759. The van der Waals surface area contributed by atoms with Gasteiger partial charge in [0.05, 0.1) is 0 Å². The molecule has 3 unspecified atom stereocenters. The standard InChI is InChI=1S/C8H13F7O3Si/c1-16-19(17-2,18-3)7(13)8(14,15)5(10)4(9)6(11)12/h4-7H,1-3H3. The Bertz CT molecular complexity index is 269. The first-order chi connectivity index (χ1) is 8.60. The average Bonchev–Trinajstić information content (AvgIpc) is 2.39. The monoisotopic (exact) mass is 318 g/mol. The first-order valence-electron chi connectivity index (χ1n) is 4.84. The Kier molecular flexibility index (Phi) is 6.72. The van der Waals surface area contributed by atoms with E-state index in [2.05, 4.69) is 13.3 Å². The van der Waals surface area contributed by atoms with Crippen LogP contribution in [0.5, 0.6) is 0 Å². The van der Waals surface area contributed by atoms with Crippen molar-refractivity contribution in [1.82, 2.24) is 0 Å². The topological polar surface area (TPSA) is 27.7 Å². The maximum absolute atomic E-state index is 13.7. The highest BCUT2D eigenvalue weighted by Crippen LogP contribution is 2.37. The van der Waals surface area contributed by atoms with Crippen molar-refractivity contribution in [2.24, 2.45) is 0 Å². The lowest BCUT2D eigenvalue weighted by atomic mass is 10.1. The van der Waals surface area contributed by atoms with Crippen LogP contribution in [0, 0.1) is 0 Å². The van der Waals surface area contributed by atoms with Gasteiger partial charge in [-0.15, -0.1) is 0 Å². The minimum atomic E-state index is -5.09. The van der Waals surface area contributed by atoms with Crippen molar-refractivity contribution in [3.63, 3.8) is 0 Å². The number of hydrogen-bond acceptors (Lipinski definition) is 3. The molecule has 0 spiro atoms. The van der Waals surface area contributed by atoms with E-state index in [0.717, 1.165) is 21.3 Å². The molecule has 19 heavy (non-hydrogen) atoms. The van der Waals surface area contributed by atoms with Crippen molar-refractivity contribution in [2.75, 3.05) is 21.3 Å². The van der Waals surface area contributed by atoms with Crippen molar-refractivity contribution < 1.29 is 44.0 Å². The lowest BCUT2D eigenvalue weighted by Crippen LogP contribution is -2.63. The Morgan fingerprint density at radius 1 is 0.842 bits per heavy atom. The summed E-state index contributed by atoms with van der Waals surface area (Å²) in [4.78, 5) is 0. The van der Waals surface area contributed by atoms with Crippen LogP contribution in [-0.2, 0) is 13.3 Å². The van der Waals surface area contributed by atoms with E-state index in [1.165, 1.54) is 0 Å². The molecule has 0 aromatic carbocycles. The van der Waals surface area contributed by atoms with Crippen LogP contribution < -0.4 is 0 Å². The summed E-state index contributed by atoms with van der Waals surface area (Å²) in [6.45, 7) is 0. The van der Waals surface area contributed by atoms with Crippen molar-refractivity contribution in [3.05, 3.63) is 0 Å². The lowest BCUT2D eigenvalue weighted by molar-refractivity contribution is -0.160. The van der Waals surface area contributed by atoms with Gasteiger partial charge < -0.3 is 13.3 Å². The Morgan fingerprint density at radius 3 is 1.47 bits per heavy atom. The molecule has 116 valence electrons. The van der Waals surface area contributed by atoms with Gasteiger partial charge in [0.25, 0.3) is 6.43 Å². The molecule has 0 saturated carbocycles. The smallest absolute Gasteiger partial charge is 0.375 e. The summed E-state index contributed by atoms with van der Waals surface area (Å²) < 4.78 is 103. The van der Waals surface area contributed by atoms with Crippen molar-refractivity contribution in [3.8, 4) is 0 Å². The molecular formula is C8H13F7O3Si. The average molecular weight is 318 g/mol. The fourth-order valence-electron chi connectivity index (χ4n) is 1.28. The summed E-state index contributed by atoms with van der Waals surface area (Å²) in [5.74, 6) is -8.63. The highest BCUT2D eigenvalue weighted by Gasteiger charge is 2.66. The highest BCUT2D eigenvalue weighted by atomic mass is 28.4. The van der Waals surface area contributed by atoms with Gasteiger partial charge in [-0.05, 0) is 0 Å². The number of hydrogen-bond donors (Lipinski definition) is 0. The van der Waals surface area contributed by atoms with Gasteiger partial charge in [-0.1, -0.05) is 0 Å². The largest absolute Gasteiger partial charge is 0.542 e. The number of alkyl halides is 7. The van der Waals surface area contributed by atoms with Crippen LogP contribution in [0.15, 0.2) is 0 Å². The molecule has 0 aliphatic carbocycles. The second-order valence-corrected chi connectivity index (χ2v) is 6.37. The maximum atomic E-state index is 13.7. The van der Waals surface area contributed by atoms with E-state index in [1.807, 2.05) is 0 Å². The van der Waals surface area contributed by atoms with Crippen LogP contribution in [0.4, 0.5) is 30.7 Å². The molecule has 3 nitrogen and oxygen atoms in total. The van der Waals surface area contributed by atoms with Crippen molar-refractivity contribution >= 4 is 8.80 Å². The van der Waals surface area contributed by atoms with Gasteiger partial charge in [0.1, 0.15) is 0 Å². The summed E-state index contributed by atoms with van der Waals surface area (Å²) >= 11 is 0. The van der Waals surface area contributed by atoms with Gasteiger partial charge in [-0.2, -0.15) is 0 Å². The van der Waals surface area contributed by atoms with Crippen LogP contribution in [0.2, 0.25) is 0 Å². The van der Waals surface area contributed by atoms with E-state index in [-0.39, 0.29) is 0 Å². The molecule has 0 amide bonds. The lowest BCUT2D eigenvalue weighted by Gasteiger charge is -2.33. The maximum Gasteiger partial charge on any atom is 0.542 e. The second kappa shape index (κ2) is 6.86. The van der Waals surface area contributed by atoms with Crippen LogP contribution >= 0.6 is 0 Å². The van der Waals surface area contributed by atoms with E-state index < -0.39 is 39.3 Å². The van der Waals surface area contributed by atoms with E-state index >= 15 is 0 Å². The summed E-state index contributed by atoms with van der Waals surface area (Å²) in [5.41, 5.74) is 0. The molecule has 0 fully saturated rings. The Balaban J connectivity index is 5.28. The summed E-state index contributed by atoms with van der Waals surface area (Å²) in [7, 11) is -2.39. The molecule has 0 N–H and O–H groups in total. The third-order valence-corrected chi connectivity index (χ3v) is 5.10. The van der Waals surface area contributed by atoms with Gasteiger partial charge in [-0.3, -0.25) is 0 Å². The molecule has 0 aromatic heterocycles. The highest BCUT2D eigenvalue weighted by molar-refractivity contribution is 6.62. The normalized spacial score (nSPS) is 18.5.